The van der Waals surface area contributed by atoms with E-state index in [2.05, 4.69) is 0 Å². The van der Waals surface area contributed by atoms with Crippen molar-refractivity contribution in [3.05, 3.63) is 63.7 Å². The highest BCUT2D eigenvalue weighted by Crippen LogP contribution is 2.28. The summed E-state index contributed by atoms with van der Waals surface area (Å²) < 4.78 is 26.9. The SMILES string of the molecule is O=C(CSc1ccccc1Cl)N1CCN(S(=O)(=O)c2ccccc2[N+](=O)[O-])CC1. The summed E-state index contributed by atoms with van der Waals surface area (Å²) in [6.07, 6.45) is 0. The smallest absolute Gasteiger partial charge is 0.289 e. The highest BCUT2D eigenvalue weighted by Gasteiger charge is 2.34. The van der Waals surface area contributed by atoms with Crippen LogP contribution in [0.4, 0.5) is 5.69 Å². The number of halogens is 1. The minimum Gasteiger partial charge on any atom is -0.339 e. The maximum Gasteiger partial charge on any atom is 0.289 e. The molecule has 1 fully saturated rings. The molecule has 1 aliphatic rings. The molecule has 8 nitrogen and oxygen atoms in total. The van der Waals surface area contributed by atoms with E-state index in [1.807, 2.05) is 18.2 Å². The Labute approximate surface area is 177 Å². The lowest BCUT2D eigenvalue weighted by Gasteiger charge is -2.33. The fourth-order valence-electron chi connectivity index (χ4n) is 2.94. The van der Waals surface area contributed by atoms with E-state index < -0.39 is 20.6 Å². The summed E-state index contributed by atoms with van der Waals surface area (Å²) in [5, 5.41) is 11.7. The number of nitro benzene ring substituents is 1. The quantitative estimate of drug-likeness (QED) is 0.377. The predicted octanol–water partition coefficient (Wildman–Crippen LogP) is 2.87. The van der Waals surface area contributed by atoms with Crippen molar-refractivity contribution in [2.24, 2.45) is 0 Å². The van der Waals surface area contributed by atoms with E-state index in [1.54, 1.807) is 11.0 Å². The van der Waals surface area contributed by atoms with Crippen molar-refractivity contribution in [3.63, 3.8) is 0 Å². The third-order valence-electron chi connectivity index (χ3n) is 4.46. The van der Waals surface area contributed by atoms with Crippen molar-refractivity contribution < 1.29 is 18.1 Å². The van der Waals surface area contributed by atoms with Crippen LogP contribution in [0.15, 0.2) is 58.3 Å². The minimum absolute atomic E-state index is 0.0802. The first-order valence-corrected chi connectivity index (χ1v) is 11.5. The molecular weight excluding hydrogens is 438 g/mol. The van der Waals surface area contributed by atoms with Gasteiger partial charge in [0, 0.05) is 37.1 Å². The van der Waals surface area contributed by atoms with Gasteiger partial charge in [-0.3, -0.25) is 14.9 Å². The number of nitro groups is 1. The predicted molar refractivity (Wildman–Crippen MR) is 111 cm³/mol. The first-order chi connectivity index (χ1) is 13.8. The van der Waals surface area contributed by atoms with Gasteiger partial charge in [0.1, 0.15) is 0 Å². The number of piperazine rings is 1. The van der Waals surface area contributed by atoms with Crippen LogP contribution in [0.5, 0.6) is 0 Å². The molecule has 11 heteroatoms. The van der Waals surface area contributed by atoms with Gasteiger partial charge in [-0.1, -0.05) is 35.9 Å². The molecule has 1 amide bonds. The molecular formula is C18H18ClN3O5S2. The van der Waals surface area contributed by atoms with Crippen molar-refractivity contribution in [1.29, 1.82) is 0 Å². The Morgan fingerprint density at radius 2 is 1.69 bits per heavy atom. The summed E-state index contributed by atoms with van der Waals surface area (Å²) in [5.41, 5.74) is -0.456. The van der Waals surface area contributed by atoms with Gasteiger partial charge in [0.15, 0.2) is 4.90 Å². The maximum absolute atomic E-state index is 12.8. The Morgan fingerprint density at radius 3 is 2.34 bits per heavy atom. The zero-order valence-corrected chi connectivity index (χ0v) is 17.6. The molecule has 0 radical (unpaired) electrons. The Bertz CT molecular complexity index is 1020. The number of nitrogens with zero attached hydrogens (tertiary/aromatic N) is 3. The zero-order chi connectivity index (χ0) is 21.0. The number of hydrogen-bond donors (Lipinski definition) is 0. The van der Waals surface area contributed by atoms with E-state index in [0.29, 0.717) is 5.02 Å². The van der Waals surface area contributed by atoms with E-state index in [1.165, 1.54) is 40.3 Å². The summed E-state index contributed by atoms with van der Waals surface area (Å²) in [5.74, 6) is 0.0818. The van der Waals surface area contributed by atoms with Gasteiger partial charge in [-0.2, -0.15) is 4.31 Å². The largest absolute Gasteiger partial charge is 0.339 e. The third-order valence-corrected chi connectivity index (χ3v) is 7.90. The number of amides is 1. The van der Waals surface area contributed by atoms with Gasteiger partial charge >= 0.3 is 0 Å². The molecule has 1 aliphatic heterocycles. The fraction of sp³-hybridized carbons (Fsp3) is 0.278. The van der Waals surface area contributed by atoms with Gasteiger partial charge in [-0.05, 0) is 18.2 Å². The summed E-state index contributed by atoms with van der Waals surface area (Å²) in [4.78, 5) is 25.0. The van der Waals surface area contributed by atoms with Gasteiger partial charge in [-0.25, -0.2) is 8.42 Å². The van der Waals surface area contributed by atoms with E-state index in [9.17, 15) is 23.3 Å². The second-order valence-electron chi connectivity index (χ2n) is 6.23. The number of sulfonamides is 1. The van der Waals surface area contributed by atoms with Crippen molar-refractivity contribution in [3.8, 4) is 0 Å². The number of hydrogen-bond acceptors (Lipinski definition) is 6. The van der Waals surface area contributed by atoms with E-state index >= 15 is 0 Å². The Kier molecular flexibility index (Phi) is 6.78. The van der Waals surface area contributed by atoms with Crippen molar-refractivity contribution in [1.82, 2.24) is 9.21 Å². The van der Waals surface area contributed by atoms with Crippen LogP contribution in [-0.4, -0.2) is 60.4 Å². The molecule has 0 spiro atoms. The normalized spacial score (nSPS) is 15.3. The fourth-order valence-corrected chi connectivity index (χ4v) is 5.66. The Hall–Kier alpha value is -2.14. The molecule has 0 aliphatic carbocycles. The molecule has 0 aromatic heterocycles. The van der Waals surface area contributed by atoms with Crippen LogP contribution in [0.25, 0.3) is 0 Å². The molecule has 3 rings (SSSR count). The van der Waals surface area contributed by atoms with E-state index in [-0.39, 0.29) is 42.7 Å². The number of benzene rings is 2. The van der Waals surface area contributed by atoms with Crippen molar-refractivity contribution in [2.45, 2.75) is 9.79 Å². The van der Waals surface area contributed by atoms with Gasteiger partial charge in [-0.15, -0.1) is 11.8 Å². The molecule has 0 bridgehead atoms. The lowest BCUT2D eigenvalue weighted by molar-refractivity contribution is -0.387. The molecule has 0 atom stereocenters. The number of carbonyl (C=O) groups excluding carboxylic acids is 1. The second kappa shape index (κ2) is 9.12. The zero-order valence-electron chi connectivity index (χ0n) is 15.2. The van der Waals surface area contributed by atoms with Gasteiger partial charge in [0.05, 0.1) is 15.7 Å². The average Bonchev–Trinajstić information content (AvgIpc) is 2.73. The molecule has 2 aromatic carbocycles. The molecule has 0 N–H and O–H groups in total. The molecule has 0 saturated carbocycles. The average molecular weight is 456 g/mol. The minimum atomic E-state index is -4.02. The van der Waals surface area contributed by atoms with Crippen LogP contribution in [0.3, 0.4) is 0 Å². The van der Waals surface area contributed by atoms with Gasteiger partial charge in [0.2, 0.25) is 15.9 Å². The third kappa shape index (κ3) is 4.89. The summed E-state index contributed by atoms with van der Waals surface area (Å²) in [7, 11) is -4.02. The number of thioether (sulfide) groups is 1. The standard InChI is InChI=1S/C18H18ClN3O5S2/c19-14-5-1-3-7-16(14)28-13-18(23)20-9-11-21(12-10-20)29(26,27)17-8-4-2-6-15(17)22(24)25/h1-8H,9-13H2. The van der Waals surface area contributed by atoms with Crippen molar-refractivity contribution in [2.75, 3.05) is 31.9 Å². The van der Waals surface area contributed by atoms with Crippen LogP contribution < -0.4 is 0 Å². The van der Waals surface area contributed by atoms with Crippen LogP contribution in [0.1, 0.15) is 0 Å². The summed E-state index contributed by atoms with van der Waals surface area (Å²) in [6, 6.07) is 12.5. The van der Waals surface area contributed by atoms with Crippen molar-refractivity contribution >= 4 is 45.0 Å². The highest BCUT2D eigenvalue weighted by atomic mass is 35.5. The Morgan fingerprint density at radius 1 is 1.07 bits per heavy atom. The number of para-hydroxylation sites is 1. The molecule has 1 heterocycles. The van der Waals surface area contributed by atoms with E-state index in [4.69, 9.17) is 11.6 Å². The number of rotatable bonds is 6. The highest BCUT2D eigenvalue weighted by molar-refractivity contribution is 8.00. The van der Waals surface area contributed by atoms with Crippen LogP contribution in [0.2, 0.25) is 5.02 Å². The molecule has 2 aromatic rings. The van der Waals surface area contributed by atoms with Crippen LogP contribution in [-0.2, 0) is 14.8 Å². The molecule has 1 saturated heterocycles. The van der Waals surface area contributed by atoms with E-state index in [0.717, 1.165) is 4.90 Å². The van der Waals surface area contributed by atoms with Gasteiger partial charge in [0.25, 0.3) is 5.69 Å². The molecule has 154 valence electrons. The Balaban J connectivity index is 1.62. The first-order valence-electron chi connectivity index (χ1n) is 8.69. The van der Waals surface area contributed by atoms with Crippen LogP contribution >= 0.6 is 23.4 Å². The monoisotopic (exact) mass is 455 g/mol. The molecule has 29 heavy (non-hydrogen) atoms. The van der Waals surface area contributed by atoms with Crippen LogP contribution in [0, 0.1) is 10.1 Å². The summed E-state index contributed by atoms with van der Waals surface area (Å²) in [6.45, 7) is 0.608. The maximum atomic E-state index is 12.8. The lowest BCUT2D eigenvalue weighted by Crippen LogP contribution is -2.51. The lowest BCUT2D eigenvalue weighted by atomic mass is 10.3. The second-order valence-corrected chi connectivity index (χ2v) is 9.56. The topological polar surface area (TPSA) is 101 Å². The number of carbonyl (C=O) groups is 1. The first kappa shape index (κ1) is 21.6. The summed E-state index contributed by atoms with van der Waals surface area (Å²) >= 11 is 7.42. The van der Waals surface area contributed by atoms with Gasteiger partial charge < -0.3 is 4.90 Å². The molecule has 0 unspecified atom stereocenters.